The summed E-state index contributed by atoms with van der Waals surface area (Å²) < 4.78 is 5.78. The largest absolute Gasteiger partial charge is 1.00 e. The zero-order chi connectivity index (χ0) is 15.2. The fourth-order valence-corrected chi connectivity index (χ4v) is 2.33. The lowest BCUT2D eigenvalue weighted by atomic mass is 10.2. The van der Waals surface area contributed by atoms with Gasteiger partial charge in [-0.05, 0) is 24.2 Å². The summed E-state index contributed by atoms with van der Waals surface area (Å²) in [6.45, 7) is 4.60. The van der Waals surface area contributed by atoms with Gasteiger partial charge < -0.3 is 16.8 Å². The maximum Gasteiger partial charge on any atom is 0.247 e. The molecule has 0 fully saturated rings. The van der Waals surface area contributed by atoms with Crippen LogP contribution in [0.4, 0.5) is 0 Å². The van der Waals surface area contributed by atoms with E-state index in [2.05, 4.69) is 46.3 Å². The Kier molecular flexibility index (Phi) is 6.32. The van der Waals surface area contributed by atoms with Crippen molar-refractivity contribution in [1.29, 1.82) is 0 Å². The van der Waals surface area contributed by atoms with Crippen LogP contribution < -0.4 is 12.4 Å². The second-order valence-electron chi connectivity index (χ2n) is 5.16. The average Bonchev–Trinajstić information content (AvgIpc) is 3.04. The molecule has 4 nitrogen and oxygen atoms in total. The van der Waals surface area contributed by atoms with E-state index in [0.717, 1.165) is 18.7 Å². The van der Waals surface area contributed by atoms with Gasteiger partial charge in [-0.1, -0.05) is 55.5 Å². The number of hydrogen-bond acceptors (Lipinski definition) is 4. The Bertz CT molecular complexity index is 701. The summed E-state index contributed by atoms with van der Waals surface area (Å²) >= 11 is 0. The highest BCUT2D eigenvalue weighted by Gasteiger charge is 2.12. The zero-order valence-corrected chi connectivity index (χ0v) is 13.8. The van der Waals surface area contributed by atoms with Crippen molar-refractivity contribution in [3.63, 3.8) is 0 Å². The van der Waals surface area contributed by atoms with Crippen molar-refractivity contribution < 1.29 is 16.8 Å². The molecule has 0 aliphatic heterocycles. The van der Waals surface area contributed by atoms with Crippen molar-refractivity contribution in [3.8, 4) is 11.5 Å². The average molecular weight is 329 g/mol. The molecule has 0 saturated carbocycles. The van der Waals surface area contributed by atoms with Crippen LogP contribution in [0, 0.1) is 0 Å². The van der Waals surface area contributed by atoms with Gasteiger partial charge in [0.15, 0.2) is 0 Å². The summed E-state index contributed by atoms with van der Waals surface area (Å²) in [6, 6.07) is 20.3. The molecule has 120 valence electrons. The quantitative estimate of drug-likeness (QED) is 0.670. The van der Waals surface area contributed by atoms with Gasteiger partial charge in [0.1, 0.15) is 0 Å². The molecule has 0 N–H and O–H groups in total. The Hall–Kier alpha value is -2.17. The highest BCUT2D eigenvalue weighted by atomic mass is 35.5. The molecule has 0 spiro atoms. The van der Waals surface area contributed by atoms with Crippen LogP contribution in [0.5, 0.6) is 0 Å². The Labute approximate surface area is 142 Å². The second-order valence-corrected chi connectivity index (χ2v) is 5.16. The zero-order valence-electron chi connectivity index (χ0n) is 13.0. The van der Waals surface area contributed by atoms with E-state index in [-0.39, 0.29) is 12.4 Å². The third-order valence-electron chi connectivity index (χ3n) is 3.54. The fraction of sp³-hybridized carbons (Fsp3) is 0.222. The summed E-state index contributed by atoms with van der Waals surface area (Å²) in [5.74, 6) is 1.22. The molecule has 2 aromatic carbocycles. The summed E-state index contributed by atoms with van der Waals surface area (Å²) in [4.78, 5) is 2.28. The van der Waals surface area contributed by atoms with E-state index >= 15 is 0 Å². The first-order chi connectivity index (χ1) is 10.8. The Morgan fingerprint density at radius 1 is 0.870 bits per heavy atom. The van der Waals surface area contributed by atoms with Gasteiger partial charge in [-0.25, -0.2) is 0 Å². The smallest absolute Gasteiger partial charge is 0.247 e. The van der Waals surface area contributed by atoms with Crippen LogP contribution in [0.15, 0.2) is 65.1 Å². The van der Waals surface area contributed by atoms with Gasteiger partial charge in [0, 0.05) is 12.1 Å². The van der Waals surface area contributed by atoms with E-state index in [4.69, 9.17) is 4.42 Å². The molecule has 3 aromatic rings. The summed E-state index contributed by atoms with van der Waals surface area (Å²) in [6.07, 6.45) is 0. The first-order valence-corrected chi connectivity index (χ1v) is 7.49. The molecule has 23 heavy (non-hydrogen) atoms. The van der Waals surface area contributed by atoms with E-state index in [9.17, 15) is 0 Å². The molecule has 0 amide bonds. The van der Waals surface area contributed by atoms with Crippen LogP contribution in [0.25, 0.3) is 11.5 Å². The van der Waals surface area contributed by atoms with E-state index in [0.29, 0.717) is 18.3 Å². The number of benzene rings is 2. The van der Waals surface area contributed by atoms with Gasteiger partial charge in [0.2, 0.25) is 11.8 Å². The van der Waals surface area contributed by atoms with Crippen LogP contribution >= 0.6 is 0 Å². The van der Waals surface area contributed by atoms with Crippen molar-refractivity contribution in [3.05, 3.63) is 72.1 Å². The second kappa shape index (κ2) is 8.46. The highest BCUT2D eigenvalue weighted by molar-refractivity contribution is 5.51. The maximum absolute atomic E-state index is 5.78. The molecule has 0 unspecified atom stereocenters. The van der Waals surface area contributed by atoms with Gasteiger partial charge in [0.05, 0.1) is 6.54 Å². The van der Waals surface area contributed by atoms with E-state index in [1.165, 1.54) is 5.56 Å². The molecule has 0 atom stereocenters. The van der Waals surface area contributed by atoms with Crippen molar-refractivity contribution in [2.45, 2.75) is 20.0 Å². The van der Waals surface area contributed by atoms with E-state index in [1.807, 2.05) is 36.4 Å². The van der Waals surface area contributed by atoms with E-state index < -0.39 is 0 Å². The van der Waals surface area contributed by atoms with Gasteiger partial charge in [-0.2, -0.15) is 0 Å². The molecule has 0 aliphatic rings. The third kappa shape index (κ3) is 4.65. The lowest BCUT2D eigenvalue weighted by Gasteiger charge is -2.18. The molecule has 0 radical (unpaired) electrons. The van der Waals surface area contributed by atoms with Gasteiger partial charge in [-0.3, -0.25) is 4.90 Å². The molecular weight excluding hydrogens is 310 g/mol. The Morgan fingerprint density at radius 3 is 2.17 bits per heavy atom. The summed E-state index contributed by atoms with van der Waals surface area (Å²) in [7, 11) is 0. The van der Waals surface area contributed by atoms with Crippen molar-refractivity contribution in [1.82, 2.24) is 15.1 Å². The number of aromatic nitrogens is 2. The monoisotopic (exact) mass is 328 g/mol. The number of nitrogens with zero attached hydrogens (tertiary/aromatic N) is 3. The van der Waals surface area contributed by atoms with Crippen molar-refractivity contribution >= 4 is 0 Å². The molecule has 0 bridgehead atoms. The van der Waals surface area contributed by atoms with Crippen LogP contribution in [-0.4, -0.2) is 21.6 Å². The minimum absolute atomic E-state index is 0. The van der Waals surface area contributed by atoms with Crippen LogP contribution in [0.1, 0.15) is 18.4 Å². The molecule has 0 aliphatic carbocycles. The minimum Gasteiger partial charge on any atom is -1.00 e. The Balaban J connectivity index is 0.00000192. The van der Waals surface area contributed by atoms with E-state index in [1.54, 1.807) is 0 Å². The number of halogens is 1. The Morgan fingerprint density at radius 2 is 1.52 bits per heavy atom. The molecule has 1 aromatic heterocycles. The lowest BCUT2D eigenvalue weighted by molar-refractivity contribution is -0.00000535. The van der Waals surface area contributed by atoms with Crippen LogP contribution in [0.3, 0.4) is 0 Å². The van der Waals surface area contributed by atoms with Crippen molar-refractivity contribution in [2.24, 2.45) is 0 Å². The minimum atomic E-state index is 0. The van der Waals surface area contributed by atoms with Crippen LogP contribution in [-0.2, 0) is 13.1 Å². The fourth-order valence-electron chi connectivity index (χ4n) is 2.33. The van der Waals surface area contributed by atoms with Crippen molar-refractivity contribution in [2.75, 3.05) is 6.54 Å². The first-order valence-electron chi connectivity index (χ1n) is 7.49. The normalized spacial score (nSPS) is 10.5. The van der Waals surface area contributed by atoms with Crippen LogP contribution in [0.2, 0.25) is 0 Å². The van der Waals surface area contributed by atoms with Gasteiger partial charge >= 0.3 is 0 Å². The highest BCUT2D eigenvalue weighted by Crippen LogP contribution is 2.18. The third-order valence-corrected chi connectivity index (χ3v) is 3.54. The predicted molar refractivity (Wildman–Crippen MR) is 86.0 cm³/mol. The molecule has 0 saturated heterocycles. The maximum atomic E-state index is 5.78. The van der Waals surface area contributed by atoms with Gasteiger partial charge in [-0.15, -0.1) is 10.2 Å². The summed E-state index contributed by atoms with van der Waals surface area (Å²) in [5.41, 5.74) is 2.24. The molecule has 5 heteroatoms. The standard InChI is InChI=1S/C18H19N3O.ClH/c1-2-21(13-15-9-5-3-6-10-15)14-17-19-20-18(22-17)16-11-7-4-8-12-16;/h3-12H,2,13-14H2,1H3;1H/p-1. The lowest BCUT2D eigenvalue weighted by Crippen LogP contribution is -3.00. The molecule has 3 rings (SSSR count). The molecule has 1 heterocycles. The predicted octanol–water partition coefficient (Wildman–Crippen LogP) is 0.763. The van der Waals surface area contributed by atoms with Gasteiger partial charge in [0.25, 0.3) is 0 Å². The SMILES string of the molecule is CCN(Cc1ccccc1)Cc1nnc(-c2ccccc2)o1.[Cl-]. The number of hydrogen-bond donors (Lipinski definition) is 0. The molecular formula is C18H19ClN3O-. The topological polar surface area (TPSA) is 42.2 Å². The summed E-state index contributed by atoms with van der Waals surface area (Å²) in [5, 5.41) is 8.30. The number of rotatable bonds is 6. The first kappa shape index (κ1) is 17.2.